The first-order valence-electron chi connectivity index (χ1n) is 7.02. The van der Waals surface area contributed by atoms with Gasteiger partial charge in [0, 0.05) is 18.2 Å². The Morgan fingerprint density at radius 2 is 1.95 bits per heavy atom. The van der Waals surface area contributed by atoms with Crippen LogP contribution in [0, 0.1) is 5.82 Å². The molecule has 4 heteroatoms. The van der Waals surface area contributed by atoms with Crippen LogP contribution < -0.4 is 10.5 Å². The molecule has 19 heavy (non-hydrogen) atoms. The van der Waals surface area contributed by atoms with Crippen LogP contribution in [-0.2, 0) is 0 Å². The summed E-state index contributed by atoms with van der Waals surface area (Å²) in [5, 5.41) is 0. The molecule has 0 aromatic heterocycles. The lowest BCUT2D eigenvalue weighted by Gasteiger charge is -2.25. The summed E-state index contributed by atoms with van der Waals surface area (Å²) in [5.41, 5.74) is 6.99. The van der Waals surface area contributed by atoms with Gasteiger partial charge < -0.3 is 15.4 Å². The van der Waals surface area contributed by atoms with E-state index in [1.54, 1.807) is 13.2 Å². The van der Waals surface area contributed by atoms with Crippen molar-refractivity contribution in [3.8, 4) is 5.75 Å². The van der Waals surface area contributed by atoms with Crippen LogP contribution in [0.15, 0.2) is 18.2 Å². The maximum absolute atomic E-state index is 13.4. The van der Waals surface area contributed by atoms with E-state index in [-0.39, 0.29) is 11.9 Å². The average Bonchev–Trinajstić information content (AvgIpc) is 2.67. The van der Waals surface area contributed by atoms with Gasteiger partial charge in [-0.1, -0.05) is 12.8 Å². The number of ether oxygens (including phenoxy) is 1. The molecule has 1 fully saturated rings. The Kier molecular flexibility index (Phi) is 5.16. The molecular weight excluding hydrogens is 243 g/mol. The van der Waals surface area contributed by atoms with Crippen LogP contribution in [0.5, 0.6) is 5.75 Å². The largest absolute Gasteiger partial charge is 0.496 e. The van der Waals surface area contributed by atoms with Gasteiger partial charge in [-0.05, 0) is 44.1 Å². The van der Waals surface area contributed by atoms with Crippen molar-refractivity contribution in [3.63, 3.8) is 0 Å². The molecule has 0 radical (unpaired) electrons. The van der Waals surface area contributed by atoms with Crippen molar-refractivity contribution >= 4 is 0 Å². The minimum atomic E-state index is -0.262. The van der Waals surface area contributed by atoms with Crippen LogP contribution >= 0.6 is 0 Å². The highest BCUT2D eigenvalue weighted by Gasteiger charge is 2.17. The quantitative estimate of drug-likeness (QED) is 0.910. The number of nitrogens with zero attached hydrogens (tertiary/aromatic N) is 1. The van der Waals surface area contributed by atoms with Gasteiger partial charge in [0.05, 0.1) is 7.11 Å². The van der Waals surface area contributed by atoms with E-state index in [4.69, 9.17) is 10.5 Å². The smallest absolute Gasteiger partial charge is 0.123 e. The molecular formula is C15H23FN2O. The van der Waals surface area contributed by atoms with E-state index in [0.29, 0.717) is 5.75 Å². The molecule has 106 valence electrons. The lowest BCUT2D eigenvalue weighted by Crippen LogP contribution is -2.33. The van der Waals surface area contributed by atoms with Crippen molar-refractivity contribution in [2.45, 2.75) is 31.7 Å². The molecule has 1 heterocycles. The van der Waals surface area contributed by atoms with Crippen LogP contribution in [0.3, 0.4) is 0 Å². The summed E-state index contributed by atoms with van der Waals surface area (Å²) >= 11 is 0. The van der Waals surface area contributed by atoms with Gasteiger partial charge in [0.2, 0.25) is 0 Å². The summed E-state index contributed by atoms with van der Waals surface area (Å²) in [7, 11) is 1.59. The maximum Gasteiger partial charge on any atom is 0.123 e. The molecule has 1 aliphatic heterocycles. The summed E-state index contributed by atoms with van der Waals surface area (Å²) in [6, 6.07) is 4.33. The lowest BCUT2D eigenvalue weighted by molar-refractivity contribution is 0.265. The topological polar surface area (TPSA) is 38.5 Å². The number of benzene rings is 1. The predicted octanol–water partition coefficient (Wildman–Crippen LogP) is 2.71. The van der Waals surface area contributed by atoms with Crippen LogP contribution in [0.25, 0.3) is 0 Å². The number of nitrogens with two attached hydrogens (primary N) is 1. The minimum Gasteiger partial charge on any atom is -0.496 e. The molecule has 3 nitrogen and oxygen atoms in total. The molecule has 0 spiro atoms. The molecule has 2 rings (SSSR count). The Bertz CT molecular complexity index is 403. The number of methoxy groups -OCH3 is 1. The first kappa shape index (κ1) is 14.3. The Balaban J connectivity index is 2.05. The van der Waals surface area contributed by atoms with Gasteiger partial charge in [0.25, 0.3) is 0 Å². The van der Waals surface area contributed by atoms with Crippen molar-refractivity contribution in [1.29, 1.82) is 0 Å². The first-order valence-corrected chi connectivity index (χ1v) is 7.02. The van der Waals surface area contributed by atoms with E-state index in [1.807, 2.05) is 0 Å². The molecule has 0 saturated carbocycles. The average molecular weight is 266 g/mol. The highest BCUT2D eigenvalue weighted by molar-refractivity contribution is 5.36. The van der Waals surface area contributed by atoms with Crippen molar-refractivity contribution in [1.82, 2.24) is 4.90 Å². The third-order valence-electron chi connectivity index (χ3n) is 3.74. The fourth-order valence-electron chi connectivity index (χ4n) is 2.69. The summed E-state index contributed by atoms with van der Waals surface area (Å²) in [6.45, 7) is 2.94. The second-order valence-corrected chi connectivity index (χ2v) is 5.21. The highest BCUT2D eigenvalue weighted by Crippen LogP contribution is 2.25. The van der Waals surface area contributed by atoms with Crippen LogP contribution in [-0.4, -0.2) is 31.6 Å². The zero-order chi connectivity index (χ0) is 13.7. The van der Waals surface area contributed by atoms with Gasteiger partial charge in [0.15, 0.2) is 0 Å². The zero-order valence-electron chi connectivity index (χ0n) is 11.6. The summed E-state index contributed by atoms with van der Waals surface area (Å²) < 4.78 is 18.6. The first-order chi connectivity index (χ1) is 9.20. The number of halogens is 1. The van der Waals surface area contributed by atoms with Crippen molar-refractivity contribution in [2.75, 3.05) is 26.7 Å². The van der Waals surface area contributed by atoms with Gasteiger partial charge in [-0.15, -0.1) is 0 Å². The summed E-state index contributed by atoms with van der Waals surface area (Å²) in [5.74, 6) is 0.408. The Morgan fingerprint density at radius 1 is 1.26 bits per heavy atom. The van der Waals surface area contributed by atoms with E-state index in [2.05, 4.69) is 4.90 Å². The molecule has 1 aromatic carbocycles. The monoisotopic (exact) mass is 266 g/mol. The van der Waals surface area contributed by atoms with E-state index in [9.17, 15) is 4.39 Å². The highest BCUT2D eigenvalue weighted by atomic mass is 19.1. The van der Waals surface area contributed by atoms with Crippen LogP contribution in [0.2, 0.25) is 0 Å². The molecule has 0 aliphatic carbocycles. The van der Waals surface area contributed by atoms with Crippen molar-refractivity contribution < 1.29 is 9.13 Å². The molecule has 1 atom stereocenters. The van der Waals surface area contributed by atoms with Gasteiger partial charge in [0.1, 0.15) is 11.6 Å². The van der Waals surface area contributed by atoms with Gasteiger partial charge in [-0.2, -0.15) is 0 Å². The second-order valence-electron chi connectivity index (χ2n) is 5.21. The number of hydrogen-bond acceptors (Lipinski definition) is 3. The molecule has 1 unspecified atom stereocenters. The van der Waals surface area contributed by atoms with Crippen molar-refractivity contribution in [3.05, 3.63) is 29.6 Å². The van der Waals surface area contributed by atoms with Crippen LogP contribution in [0.4, 0.5) is 4.39 Å². The van der Waals surface area contributed by atoms with Gasteiger partial charge >= 0.3 is 0 Å². The maximum atomic E-state index is 13.4. The molecule has 0 bridgehead atoms. The predicted molar refractivity (Wildman–Crippen MR) is 74.8 cm³/mol. The third-order valence-corrected chi connectivity index (χ3v) is 3.74. The number of rotatable bonds is 4. The van der Waals surface area contributed by atoms with Gasteiger partial charge in [-0.25, -0.2) is 4.39 Å². The summed E-state index contributed by atoms with van der Waals surface area (Å²) in [4.78, 5) is 2.38. The Hall–Kier alpha value is -1.13. The molecule has 1 aliphatic rings. The molecule has 1 saturated heterocycles. The van der Waals surface area contributed by atoms with E-state index in [1.165, 1.54) is 37.8 Å². The minimum absolute atomic E-state index is 0.205. The van der Waals surface area contributed by atoms with Crippen molar-refractivity contribution in [2.24, 2.45) is 5.73 Å². The normalized spacial score (nSPS) is 18.9. The van der Waals surface area contributed by atoms with Gasteiger partial charge in [-0.3, -0.25) is 0 Å². The Morgan fingerprint density at radius 3 is 2.58 bits per heavy atom. The SMILES string of the molecule is COc1ccc(F)cc1C(N)CN1CCCCCC1. The lowest BCUT2D eigenvalue weighted by atomic mass is 10.1. The Labute approximate surface area is 114 Å². The molecule has 0 amide bonds. The van der Waals surface area contributed by atoms with E-state index < -0.39 is 0 Å². The number of hydrogen-bond donors (Lipinski definition) is 1. The fourth-order valence-corrected chi connectivity index (χ4v) is 2.69. The molecule has 2 N–H and O–H groups in total. The van der Waals surface area contributed by atoms with Crippen LogP contribution in [0.1, 0.15) is 37.3 Å². The summed E-state index contributed by atoms with van der Waals surface area (Å²) in [6.07, 6.45) is 5.06. The molecule has 1 aromatic rings. The fraction of sp³-hybridized carbons (Fsp3) is 0.600. The van der Waals surface area contributed by atoms with E-state index in [0.717, 1.165) is 25.2 Å². The standard InChI is InChI=1S/C15H23FN2O/c1-19-15-7-6-12(16)10-13(15)14(17)11-18-8-4-2-3-5-9-18/h6-7,10,14H,2-5,8-9,11,17H2,1H3. The van der Waals surface area contributed by atoms with E-state index >= 15 is 0 Å². The third kappa shape index (κ3) is 3.91. The zero-order valence-corrected chi connectivity index (χ0v) is 11.6. The second kappa shape index (κ2) is 6.87. The number of likely N-dealkylation sites (tertiary alicyclic amines) is 1.